The number of alkyl carbamates (subject to hydrolysis) is 1. The Morgan fingerprint density at radius 2 is 1.86 bits per heavy atom. The fourth-order valence-electron chi connectivity index (χ4n) is 4.88. The molecule has 11 heteroatoms. The lowest BCUT2D eigenvalue weighted by atomic mass is 9.93. The molecule has 2 atom stereocenters. The summed E-state index contributed by atoms with van der Waals surface area (Å²) in [5, 5.41) is 5.85. The summed E-state index contributed by atoms with van der Waals surface area (Å²) in [5.41, 5.74) is 4.01. The van der Waals surface area contributed by atoms with Gasteiger partial charge in [-0.05, 0) is 114 Å². The molecule has 0 spiro atoms. The average Bonchev–Trinajstić information content (AvgIpc) is 2.94. The van der Waals surface area contributed by atoms with Crippen LogP contribution in [0, 0.1) is 19.7 Å². The van der Waals surface area contributed by atoms with Gasteiger partial charge in [-0.1, -0.05) is 6.07 Å². The number of benzene rings is 2. The fraction of sp³-hybridized carbons (Fsp3) is 0.438. The van der Waals surface area contributed by atoms with E-state index in [2.05, 4.69) is 27.4 Å². The highest BCUT2D eigenvalue weighted by atomic mass is 32.2. The van der Waals surface area contributed by atoms with Crippen molar-refractivity contribution in [3.8, 4) is 5.75 Å². The topological polar surface area (TPSA) is 106 Å². The van der Waals surface area contributed by atoms with Gasteiger partial charge < -0.3 is 25.0 Å². The highest BCUT2D eigenvalue weighted by molar-refractivity contribution is 7.98. The third-order valence-electron chi connectivity index (χ3n) is 7.20. The molecule has 4 rings (SSSR count). The van der Waals surface area contributed by atoms with Gasteiger partial charge in [0.1, 0.15) is 29.0 Å². The molecule has 0 bridgehead atoms. The van der Waals surface area contributed by atoms with Gasteiger partial charge in [0.25, 0.3) is 0 Å². The molecule has 1 aromatic heterocycles. The van der Waals surface area contributed by atoms with Gasteiger partial charge in [-0.25, -0.2) is 19.0 Å². The lowest BCUT2D eigenvalue weighted by molar-refractivity contribution is -0.136. The number of halogens is 1. The summed E-state index contributed by atoms with van der Waals surface area (Å²) in [6.07, 6.45) is 2.48. The van der Waals surface area contributed by atoms with Gasteiger partial charge in [-0.15, -0.1) is 0 Å². The molecule has 2 heterocycles. The van der Waals surface area contributed by atoms with Gasteiger partial charge in [0.15, 0.2) is 0 Å². The maximum Gasteiger partial charge on any atom is 0.408 e. The Kier molecular flexibility index (Phi) is 10.2. The highest BCUT2D eigenvalue weighted by Gasteiger charge is 2.29. The maximum absolute atomic E-state index is 13.4. The molecule has 0 saturated carbocycles. The van der Waals surface area contributed by atoms with Crippen molar-refractivity contribution < 1.29 is 23.5 Å². The number of esters is 1. The van der Waals surface area contributed by atoms with Crippen LogP contribution < -0.4 is 20.3 Å². The number of thioether (sulfide) groups is 1. The Balaban J connectivity index is 1.54. The Morgan fingerprint density at radius 1 is 1.14 bits per heavy atom. The van der Waals surface area contributed by atoms with Crippen LogP contribution in [0.15, 0.2) is 42.5 Å². The van der Waals surface area contributed by atoms with Gasteiger partial charge in [0, 0.05) is 23.5 Å². The third-order valence-corrected chi connectivity index (χ3v) is 7.84. The smallest absolute Gasteiger partial charge is 0.408 e. The van der Waals surface area contributed by atoms with Gasteiger partial charge in [-0.3, -0.25) is 0 Å². The van der Waals surface area contributed by atoms with Crippen LogP contribution in [0.25, 0.3) is 0 Å². The van der Waals surface area contributed by atoms with E-state index in [4.69, 9.17) is 14.5 Å². The summed E-state index contributed by atoms with van der Waals surface area (Å²) in [6, 6.07) is 10.8. The second-order valence-electron chi connectivity index (χ2n) is 11.6. The van der Waals surface area contributed by atoms with Crippen LogP contribution in [0.1, 0.15) is 62.5 Å². The predicted molar refractivity (Wildman–Crippen MR) is 169 cm³/mol. The molecule has 0 saturated heterocycles. The van der Waals surface area contributed by atoms with E-state index in [1.54, 1.807) is 50.7 Å². The first-order chi connectivity index (χ1) is 20.3. The molecule has 1 amide bonds. The number of ether oxygens (including phenoxy) is 2. The van der Waals surface area contributed by atoms with Crippen LogP contribution in [0.5, 0.6) is 5.75 Å². The van der Waals surface area contributed by atoms with Crippen LogP contribution in [0.3, 0.4) is 0 Å². The van der Waals surface area contributed by atoms with E-state index < -0.39 is 23.7 Å². The number of hydrogen-bond acceptors (Lipinski definition) is 9. The minimum absolute atomic E-state index is 0.0683. The summed E-state index contributed by atoms with van der Waals surface area (Å²) in [6.45, 7) is 12.1. The van der Waals surface area contributed by atoms with Crippen LogP contribution >= 0.6 is 11.8 Å². The quantitative estimate of drug-likeness (QED) is 0.204. The molecule has 0 aliphatic carbocycles. The van der Waals surface area contributed by atoms with E-state index in [1.165, 1.54) is 17.7 Å². The van der Waals surface area contributed by atoms with E-state index in [0.29, 0.717) is 29.6 Å². The van der Waals surface area contributed by atoms with Gasteiger partial charge in [-0.2, -0.15) is 16.7 Å². The first kappa shape index (κ1) is 32.1. The molecule has 2 aromatic carbocycles. The molecular formula is C32H40FN5O4S. The number of hydrogen-bond donors (Lipinski definition) is 2. The first-order valence-electron chi connectivity index (χ1n) is 14.3. The van der Waals surface area contributed by atoms with E-state index >= 15 is 0 Å². The molecule has 0 fully saturated rings. The first-order valence-corrected chi connectivity index (χ1v) is 15.7. The minimum atomic E-state index is -0.842. The van der Waals surface area contributed by atoms with Gasteiger partial charge in [0.05, 0.1) is 6.04 Å². The van der Waals surface area contributed by atoms with Crippen molar-refractivity contribution in [2.45, 2.75) is 72.1 Å². The van der Waals surface area contributed by atoms with Crippen LogP contribution in [0.2, 0.25) is 0 Å². The van der Waals surface area contributed by atoms with Crippen LogP contribution in [-0.2, 0) is 16.0 Å². The number of anilines is 3. The standard InChI is InChI=1S/C32H40FN5O4S/c1-19-20(2)34-30(35-24-11-9-23(33)10-12-24)37-28(19)38-16-14-22-8-13-25(18-26(22)21(38)3)41-29(39)27(15-17-43-7)36-31(40)42-32(4,5)6/h8-13,18,21,27H,14-17H2,1-7H3,(H,36,40)(H,34,35,37). The summed E-state index contributed by atoms with van der Waals surface area (Å²) in [7, 11) is 0. The number of carbonyl (C=O) groups excluding carboxylic acids is 2. The second kappa shape index (κ2) is 13.6. The lowest BCUT2D eigenvalue weighted by Gasteiger charge is -2.37. The molecule has 1 aliphatic heterocycles. The molecule has 2 unspecified atom stereocenters. The van der Waals surface area contributed by atoms with Gasteiger partial charge in [0.2, 0.25) is 5.95 Å². The molecule has 3 aromatic rings. The Bertz CT molecular complexity index is 1460. The van der Waals surface area contributed by atoms with Crippen molar-refractivity contribution in [3.05, 3.63) is 70.7 Å². The summed E-state index contributed by atoms with van der Waals surface area (Å²) < 4.78 is 24.5. The largest absolute Gasteiger partial charge is 0.444 e. The zero-order valence-electron chi connectivity index (χ0n) is 25.8. The van der Waals surface area contributed by atoms with Crippen LogP contribution in [-0.4, -0.2) is 52.2 Å². The predicted octanol–water partition coefficient (Wildman–Crippen LogP) is 6.65. The molecule has 230 valence electrons. The van der Waals surface area contributed by atoms with Crippen molar-refractivity contribution in [3.63, 3.8) is 0 Å². The maximum atomic E-state index is 13.4. The number of carbonyl (C=O) groups is 2. The third kappa shape index (κ3) is 8.37. The van der Waals surface area contributed by atoms with Crippen molar-refractivity contribution >= 4 is 41.3 Å². The molecule has 43 heavy (non-hydrogen) atoms. The number of fused-ring (bicyclic) bond motifs is 1. The minimum Gasteiger partial charge on any atom is -0.444 e. The summed E-state index contributed by atoms with van der Waals surface area (Å²) in [4.78, 5) is 37.3. The fourth-order valence-corrected chi connectivity index (χ4v) is 5.35. The van der Waals surface area contributed by atoms with E-state index in [0.717, 1.165) is 35.6 Å². The number of aryl methyl sites for hydroxylation is 1. The molecular weight excluding hydrogens is 569 g/mol. The van der Waals surface area contributed by atoms with Crippen molar-refractivity contribution in [1.82, 2.24) is 15.3 Å². The molecule has 1 aliphatic rings. The van der Waals surface area contributed by atoms with Crippen molar-refractivity contribution in [1.29, 1.82) is 0 Å². The van der Waals surface area contributed by atoms with Crippen molar-refractivity contribution in [2.24, 2.45) is 0 Å². The van der Waals surface area contributed by atoms with Gasteiger partial charge >= 0.3 is 12.1 Å². The zero-order valence-corrected chi connectivity index (χ0v) is 26.6. The Morgan fingerprint density at radius 3 is 2.53 bits per heavy atom. The number of aromatic nitrogens is 2. The normalized spacial score (nSPS) is 15.3. The summed E-state index contributed by atoms with van der Waals surface area (Å²) >= 11 is 1.58. The highest BCUT2D eigenvalue weighted by Crippen LogP contribution is 2.37. The van der Waals surface area contributed by atoms with E-state index in [9.17, 15) is 14.0 Å². The molecule has 2 N–H and O–H groups in total. The number of nitrogens with zero attached hydrogens (tertiary/aromatic N) is 3. The van der Waals surface area contributed by atoms with E-state index in [-0.39, 0.29) is 11.9 Å². The monoisotopic (exact) mass is 609 g/mol. The number of amides is 1. The second-order valence-corrected chi connectivity index (χ2v) is 12.6. The van der Waals surface area contributed by atoms with Crippen LogP contribution in [0.4, 0.5) is 26.6 Å². The SMILES string of the molecule is CSCCC(NC(=O)OC(C)(C)C)C(=O)Oc1ccc2c(c1)C(C)N(c1nc(Nc3ccc(F)cc3)nc(C)c1C)CC2. The Labute approximate surface area is 257 Å². The zero-order chi connectivity index (χ0) is 31.3. The summed E-state index contributed by atoms with van der Waals surface area (Å²) in [5.74, 6) is 1.45. The lowest BCUT2D eigenvalue weighted by Crippen LogP contribution is -2.45. The Hall–Kier alpha value is -3.86. The van der Waals surface area contributed by atoms with E-state index in [1.807, 2.05) is 32.2 Å². The molecule has 0 radical (unpaired) electrons. The number of rotatable bonds is 9. The molecule has 9 nitrogen and oxygen atoms in total. The van der Waals surface area contributed by atoms with Crippen molar-refractivity contribution in [2.75, 3.05) is 28.8 Å². The average molecular weight is 610 g/mol. The number of nitrogens with one attached hydrogen (secondary N) is 2.